The maximum atomic E-state index is 13.3. The quantitative estimate of drug-likeness (QED) is 0.733. The lowest BCUT2D eigenvalue weighted by Crippen LogP contribution is -2.33. The standard InChI is InChI=1S/C16H11BrF4N2O2/c17-11-5-10(6-12(18)7-11)15(25)23-13-3-1-9(2-4-13)14(24)22-8-16(19,20)21/h1-7H,8H2,(H,22,24)(H,23,25). The van der Waals surface area contributed by atoms with E-state index < -0.39 is 30.4 Å². The summed E-state index contributed by atoms with van der Waals surface area (Å²) >= 11 is 3.08. The van der Waals surface area contributed by atoms with E-state index >= 15 is 0 Å². The number of nitrogens with one attached hydrogen (secondary N) is 2. The summed E-state index contributed by atoms with van der Waals surface area (Å²) in [7, 11) is 0. The van der Waals surface area contributed by atoms with Gasteiger partial charge in [-0.25, -0.2) is 4.39 Å². The molecule has 2 N–H and O–H groups in total. The molecule has 0 unspecified atom stereocenters. The smallest absolute Gasteiger partial charge is 0.343 e. The Balaban J connectivity index is 2.02. The molecule has 4 nitrogen and oxygen atoms in total. The van der Waals surface area contributed by atoms with E-state index in [0.717, 1.165) is 6.07 Å². The zero-order valence-electron chi connectivity index (χ0n) is 12.5. The molecule has 0 saturated heterocycles. The summed E-state index contributed by atoms with van der Waals surface area (Å²) in [5.74, 6) is -2.05. The summed E-state index contributed by atoms with van der Waals surface area (Å²) in [6.07, 6.45) is -4.50. The molecule has 9 heteroatoms. The fourth-order valence-electron chi connectivity index (χ4n) is 1.88. The summed E-state index contributed by atoms with van der Waals surface area (Å²) in [6.45, 7) is -1.43. The Morgan fingerprint density at radius 2 is 1.60 bits per heavy atom. The van der Waals surface area contributed by atoms with Crippen LogP contribution in [-0.4, -0.2) is 24.5 Å². The first-order chi connectivity index (χ1) is 11.6. The fourth-order valence-corrected chi connectivity index (χ4v) is 2.34. The van der Waals surface area contributed by atoms with Gasteiger partial charge in [0, 0.05) is 21.3 Å². The number of hydrogen-bond donors (Lipinski definition) is 2. The fraction of sp³-hybridized carbons (Fsp3) is 0.125. The summed E-state index contributed by atoms with van der Waals surface area (Å²) in [6, 6.07) is 8.93. The summed E-state index contributed by atoms with van der Waals surface area (Å²) in [4.78, 5) is 23.6. The van der Waals surface area contributed by atoms with Gasteiger partial charge in [0.2, 0.25) is 0 Å². The molecule has 0 fully saturated rings. The number of alkyl halides is 3. The van der Waals surface area contributed by atoms with Crippen LogP contribution < -0.4 is 10.6 Å². The third-order valence-electron chi connectivity index (χ3n) is 2.98. The Hall–Kier alpha value is -2.42. The van der Waals surface area contributed by atoms with E-state index in [4.69, 9.17) is 0 Å². The first kappa shape index (κ1) is 18.9. The lowest BCUT2D eigenvalue weighted by Gasteiger charge is -2.09. The van der Waals surface area contributed by atoms with E-state index in [1.165, 1.54) is 36.4 Å². The highest BCUT2D eigenvalue weighted by Gasteiger charge is 2.27. The number of rotatable bonds is 4. The topological polar surface area (TPSA) is 58.2 Å². The van der Waals surface area contributed by atoms with Gasteiger partial charge in [0.15, 0.2) is 0 Å². The van der Waals surface area contributed by atoms with Crippen molar-refractivity contribution in [3.05, 3.63) is 63.9 Å². The second-order valence-corrected chi connectivity index (χ2v) is 5.90. The molecule has 2 amide bonds. The molecule has 0 saturated carbocycles. The highest BCUT2D eigenvalue weighted by molar-refractivity contribution is 9.10. The molecule has 2 aromatic rings. The van der Waals surface area contributed by atoms with Crippen LogP contribution in [-0.2, 0) is 0 Å². The Morgan fingerprint density at radius 1 is 0.960 bits per heavy atom. The normalized spacial score (nSPS) is 11.1. The van der Waals surface area contributed by atoms with Gasteiger partial charge in [-0.1, -0.05) is 15.9 Å². The van der Waals surface area contributed by atoms with Crippen LogP contribution in [0.25, 0.3) is 0 Å². The Morgan fingerprint density at radius 3 is 2.16 bits per heavy atom. The number of carbonyl (C=O) groups is 2. The van der Waals surface area contributed by atoms with Crippen LogP contribution in [0, 0.1) is 5.82 Å². The van der Waals surface area contributed by atoms with E-state index in [9.17, 15) is 27.2 Å². The average Bonchev–Trinajstić information content (AvgIpc) is 2.51. The minimum atomic E-state index is -4.50. The number of anilines is 1. The number of carbonyl (C=O) groups excluding carboxylic acids is 2. The molecule has 25 heavy (non-hydrogen) atoms. The van der Waals surface area contributed by atoms with E-state index in [0.29, 0.717) is 10.2 Å². The third kappa shape index (κ3) is 5.86. The van der Waals surface area contributed by atoms with Crippen LogP contribution in [0.2, 0.25) is 0 Å². The van der Waals surface area contributed by atoms with E-state index in [-0.39, 0.29) is 11.1 Å². The van der Waals surface area contributed by atoms with E-state index in [2.05, 4.69) is 21.2 Å². The lowest BCUT2D eigenvalue weighted by atomic mass is 10.1. The molecule has 2 rings (SSSR count). The van der Waals surface area contributed by atoms with Crippen molar-refractivity contribution in [2.45, 2.75) is 6.18 Å². The van der Waals surface area contributed by atoms with Crippen LogP contribution >= 0.6 is 15.9 Å². The van der Waals surface area contributed by atoms with Gasteiger partial charge < -0.3 is 10.6 Å². The second kappa shape index (κ2) is 7.64. The predicted octanol–water partition coefficient (Wildman–Crippen LogP) is 4.13. The zero-order valence-corrected chi connectivity index (χ0v) is 14.0. The second-order valence-electron chi connectivity index (χ2n) is 4.99. The van der Waals surface area contributed by atoms with Crippen molar-refractivity contribution >= 4 is 33.4 Å². The third-order valence-corrected chi connectivity index (χ3v) is 3.44. The number of benzene rings is 2. The molecule has 0 radical (unpaired) electrons. The van der Waals surface area contributed by atoms with Crippen molar-refractivity contribution < 1.29 is 27.2 Å². The van der Waals surface area contributed by atoms with Gasteiger partial charge in [0.05, 0.1) is 0 Å². The van der Waals surface area contributed by atoms with E-state index in [1.807, 2.05) is 0 Å². The van der Waals surface area contributed by atoms with Gasteiger partial charge in [-0.05, 0) is 42.5 Å². The maximum absolute atomic E-state index is 13.3. The molecule has 0 spiro atoms. The van der Waals surface area contributed by atoms with Crippen molar-refractivity contribution in [2.75, 3.05) is 11.9 Å². The molecule has 0 atom stereocenters. The number of halogens is 5. The summed E-state index contributed by atoms with van der Waals surface area (Å²) < 4.78 is 49.9. The predicted molar refractivity (Wildman–Crippen MR) is 86.9 cm³/mol. The number of hydrogen-bond acceptors (Lipinski definition) is 2. The highest BCUT2D eigenvalue weighted by Crippen LogP contribution is 2.17. The Labute approximate surface area is 148 Å². The van der Waals surface area contributed by atoms with Gasteiger partial charge >= 0.3 is 6.18 Å². The molecular formula is C16H11BrF4N2O2. The monoisotopic (exact) mass is 418 g/mol. The molecule has 132 valence electrons. The lowest BCUT2D eigenvalue weighted by molar-refractivity contribution is -0.123. The molecule has 0 bridgehead atoms. The van der Waals surface area contributed by atoms with Crippen LogP contribution in [0.3, 0.4) is 0 Å². The summed E-state index contributed by atoms with van der Waals surface area (Å²) in [5.41, 5.74) is 0.396. The van der Waals surface area contributed by atoms with Crippen LogP contribution in [0.5, 0.6) is 0 Å². The van der Waals surface area contributed by atoms with Crippen molar-refractivity contribution in [1.29, 1.82) is 0 Å². The molecule has 0 aromatic heterocycles. The van der Waals surface area contributed by atoms with Gasteiger partial charge in [-0.15, -0.1) is 0 Å². The molecule has 0 heterocycles. The minimum absolute atomic E-state index is 0.00995. The van der Waals surface area contributed by atoms with Crippen molar-refractivity contribution in [1.82, 2.24) is 5.32 Å². The van der Waals surface area contributed by atoms with Gasteiger partial charge in [-0.3, -0.25) is 9.59 Å². The molecule has 0 aliphatic rings. The van der Waals surface area contributed by atoms with Crippen LogP contribution in [0.4, 0.5) is 23.2 Å². The maximum Gasteiger partial charge on any atom is 0.405 e. The Kier molecular flexibility index (Phi) is 5.78. The van der Waals surface area contributed by atoms with Crippen LogP contribution in [0.1, 0.15) is 20.7 Å². The minimum Gasteiger partial charge on any atom is -0.343 e. The van der Waals surface area contributed by atoms with Crippen LogP contribution in [0.15, 0.2) is 46.9 Å². The average molecular weight is 419 g/mol. The zero-order chi connectivity index (χ0) is 18.6. The van der Waals surface area contributed by atoms with Crippen molar-refractivity contribution in [3.63, 3.8) is 0 Å². The van der Waals surface area contributed by atoms with Gasteiger partial charge in [0.1, 0.15) is 12.4 Å². The molecule has 0 aliphatic carbocycles. The van der Waals surface area contributed by atoms with Gasteiger partial charge in [-0.2, -0.15) is 13.2 Å². The molecule has 2 aromatic carbocycles. The highest BCUT2D eigenvalue weighted by atomic mass is 79.9. The first-order valence-corrected chi connectivity index (χ1v) is 7.66. The SMILES string of the molecule is O=C(NCC(F)(F)F)c1ccc(NC(=O)c2cc(F)cc(Br)c2)cc1. The van der Waals surface area contributed by atoms with E-state index in [1.54, 1.807) is 5.32 Å². The van der Waals surface area contributed by atoms with Crippen molar-refractivity contribution in [3.8, 4) is 0 Å². The number of amides is 2. The molecular weight excluding hydrogens is 408 g/mol. The Bertz CT molecular complexity index is 771. The van der Waals surface area contributed by atoms with Crippen molar-refractivity contribution in [2.24, 2.45) is 0 Å². The summed E-state index contributed by atoms with van der Waals surface area (Å²) in [5, 5.41) is 4.24. The molecule has 0 aliphatic heterocycles. The first-order valence-electron chi connectivity index (χ1n) is 6.86. The van der Waals surface area contributed by atoms with Gasteiger partial charge in [0.25, 0.3) is 11.8 Å². The largest absolute Gasteiger partial charge is 0.405 e.